The summed E-state index contributed by atoms with van der Waals surface area (Å²) in [5, 5.41) is 3.29. The topological polar surface area (TPSA) is 58.4 Å². The van der Waals surface area contributed by atoms with E-state index in [9.17, 15) is 4.79 Å². The van der Waals surface area contributed by atoms with Crippen molar-refractivity contribution in [1.29, 1.82) is 0 Å². The minimum absolute atomic E-state index is 0.0767. The lowest BCUT2D eigenvalue weighted by atomic mass is 10.2. The molecule has 6 heteroatoms. The number of hydrogen-bond donors (Lipinski definition) is 2. The fourth-order valence-electron chi connectivity index (χ4n) is 1.80. The van der Waals surface area contributed by atoms with Gasteiger partial charge < -0.3 is 11.1 Å². The lowest BCUT2D eigenvalue weighted by Crippen LogP contribution is -2.45. The summed E-state index contributed by atoms with van der Waals surface area (Å²) in [4.78, 5) is 14.3. The zero-order valence-corrected chi connectivity index (χ0v) is 13.9. The molecule has 0 aliphatic heterocycles. The van der Waals surface area contributed by atoms with E-state index in [0.717, 1.165) is 5.75 Å². The molecule has 1 rings (SSSR count). The number of nitrogens with two attached hydrogens (primary N) is 1. The van der Waals surface area contributed by atoms with Gasteiger partial charge in [-0.25, -0.2) is 0 Å². The minimum atomic E-state index is -0.231. The summed E-state index contributed by atoms with van der Waals surface area (Å²) in [6, 6.07) is 5.15. The van der Waals surface area contributed by atoms with E-state index in [0.29, 0.717) is 22.4 Å². The van der Waals surface area contributed by atoms with Crippen molar-refractivity contribution >= 4 is 40.6 Å². The number of amides is 1. The van der Waals surface area contributed by atoms with Crippen LogP contribution in [0.25, 0.3) is 0 Å². The molecule has 0 spiro atoms. The third-order valence-corrected chi connectivity index (χ3v) is 4.47. The third-order valence-electron chi connectivity index (χ3n) is 3.34. The summed E-state index contributed by atoms with van der Waals surface area (Å²) in [5.74, 6) is 0.906. The Balaban J connectivity index is 2.70. The van der Waals surface area contributed by atoms with E-state index < -0.39 is 0 Å². The lowest BCUT2D eigenvalue weighted by molar-refractivity contribution is -0.120. The highest BCUT2D eigenvalue weighted by Crippen LogP contribution is 2.24. The van der Waals surface area contributed by atoms with Crippen LogP contribution in [0, 0.1) is 0 Å². The zero-order valence-electron chi connectivity index (χ0n) is 12.3. The fourth-order valence-corrected chi connectivity index (χ4v) is 2.75. The van der Waals surface area contributed by atoms with Crippen molar-refractivity contribution < 1.29 is 4.79 Å². The van der Waals surface area contributed by atoms with E-state index in [4.69, 9.17) is 17.3 Å². The van der Waals surface area contributed by atoms with E-state index in [2.05, 4.69) is 23.4 Å². The number of thioether (sulfide) groups is 1. The Kier molecular flexibility index (Phi) is 6.65. The van der Waals surface area contributed by atoms with Gasteiger partial charge in [-0.15, -0.1) is 0 Å². The number of anilines is 2. The molecule has 0 fully saturated rings. The first-order valence-electron chi connectivity index (χ1n) is 6.43. The van der Waals surface area contributed by atoms with Crippen molar-refractivity contribution in [3.63, 3.8) is 0 Å². The molecule has 4 nitrogen and oxygen atoms in total. The number of carbonyl (C=O) groups excluding carboxylic acids is 1. The maximum Gasteiger partial charge on any atom is 0.241 e. The SMILES string of the molecule is CSCC(C)N(C)C(C)C(=O)Nc1ccc(N)cc1Cl. The fraction of sp³-hybridized carbons (Fsp3) is 0.500. The Morgan fingerprint density at radius 3 is 2.70 bits per heavy atom. The summed E-state index contributed by atoms with van der Waals surface area (Å²) in [6.45, 7) is 3.99. The minimum Gasteiger partial charge on any atom is -0.399 e. The van der Waals surface area contributed by atoms with Gasteiger partial charge in [0.25, 0.3) is 0 Å². The number of rotatable bonds is 6. The predicted molar refractivity (Wildman–Crippen MR) is 89.6 cm³/mol. The number of nitrogens with one attached hydrogen (secondary N) is 1. The van der Waals surface area contributed by atoms with Gasteiger partial charge in [-0.1, -0.05) is 11.6 Å². The van der Waals surface area contributed by atoms with Crippen LogP contribution in [0.2, 0.25) is 5.02 Å². The molecule has 1 amide bonds. The van der Waals surface area contributed by atoms with Crippen LogP contribution in [-0.4, -0.2) is 41.9 Å². The summed E-state index contributed by atoms with van der Waals surface area (Å²) in [6.07, 6.45) is 2.06. The van der Waals surface area contributed by atoms with Crippen molar-refractivity contribution in [2.24, 2.45) is 0 Å². The second-order valence-corrected chi connectivity index (χ2v) is 6.19. The summed E-state index contributed by atoms with van der Waals surface area (Å²) in [5.41, 5.74) is 6.79. The average molecular weight is 316 g/mol. The zero-order chi connectivity index (χ0) is 15.3. The summed E-state index contributed by atoms with van der Waals surface area (Å²) < 4.78 is 0. The van der Waals surface area contributed by atoms with Crippen LogP contribution in [0.4, 0.5) is 11.4 Å². The highest BCUT2D eigenvalue weighted by molar-refractivity contribution is 7.98. The van der Waals surface area contributed by atoms with Crippen molar-refractivity contribution in [3.05, 3.63) is 23.2 Å². The quantitative estimate of drug-likeness (QED) is 0.792. The highest BCUT2D eigenvalue weighted by Gasteiger charge is 2.22. The molecule has 0 bridgehead atoms. The van der Waals surface area contributed by atoms with Crippen LogP contribution in [0.1, 0.15) is 13.8 Å². The molecule has 1 aromatic rings. The Morgan fingerprint density at radius 2 is 2.15 bits per heavy atom. The van der Waals surface area contributed by atoms with Gasteiger partial charge in [0.2, 0.25) is 5.91 Å². The Bertz CT molecular complexity index is 470. The largest absolute Gasteiger partial charge is 0.399 e. The Hall–Kier alpha value is -0.910. The smallest absolute Gasteiger partial charge is 0.241 e. The van der Waals surface area contributed by atoms with Gasteiger partial charge in [0, 0.05) is 17.5 Å². The van der Waals surface area contributed by atoms with Gasteiger partial charge in [-0.3, -0.25) is 9.69 Å². The van der Waals surface area contributed by atoms with Gasteiger partial charge in [0.05, 0.1) is 16.8 Å². The normalized spacial score (nSPS) is 14.1. The Labute approximate surface area is 130 Å². The number of carbonyl (C=O) groups is 1. The van der Waals surface area contributed by atoms with Crippen LogP contribution in [0.5, 0.6) is 0 Å². The molecular weight excluding hydrogens is 294 g/mol. The number of hydrogen-bond acceptors (Lipinski definition) is 4. The molecule has 1 aromatic carbocycles. The van der Waals surface area contributed by atoms with Crippen molar-refractivity contribution in [2.75, 3.05) is 30.1 Å². The molecule has 0 aliphatic rings. The number of nitrogen functional groups attached to an aromatic ring is 1. The van der Waals surface area contributed by atoms with Crippen molar-refractivity contribution in [2.45, 2.75) is 25.9 Å². The number of likely N-dealkylation sites (N-methyl/N-ethyl adjacent to an activating group) is 1. The molecule has 0 heterocycles. The van der Waals surface area contributed by atoms with Gasteiger partial charge >= 0.3 is 0 Å². The van der Waals surface area contributed by atoms with Crippen LogP contribution in [0.3, 0.4) is 0 Å². The third kappa shape index (κ3) is 4.58. The van der Waals surface area contributed by atoms with Crippen molar-refractivity contribution in [1.82, 2.24) is 4.90 Å². The Morgan fingerprint density at radius 1 is 1.50 bits per heavy atom. The van der Waals surface area contributed by atoms with Gasteiger partial charge in [-0.05, 0) is 45.4 Å². The van der Waals surface area contributed by atoms with Gasteiger partial charge in [-0.2, -0.15) is 11.8 Å². The van der Waals surface area contributed by atoms with Crippen LogP contribution in [0.15, 0.2) is 18.2 Å². The number of nitrogens with zero attached hydrogens (tertiary/aromatic N) is 1. The van der Waals surface area contributed by atoms with E-state index in [1.807, 2.05) is 14.0 Å². The van der Waals surface area contributed by atoms with Crippen LogP contribution >= 0.6 is 23.4 Å². The first kappa shape index (κ1) is 17.1. The molecule has 20 heavy (non-hydrogen) atoms. The lowest BCUT2D eigenvalue weighted by Gasteiger charge is -2.29. The highest BCUT2D eigenvalue weighted by atomic mass is 35.5. The number of halogens is 1. The molecule has 2 atom stereocenters. The summed E-state index contributed by atoms with van der Waals surface area (Å²) >= 11 is 7.83. The molecule has 3 N–H and O–H groups in total. The second kappa shape index (κ2) is 7.76. The molecule has 2 unspecified atom stereocenters. The van der Waals surface area contributed by atoms with E-state index in [1.165, 1.54) is 0 Å². The molecule has 0 aromatic heterocycles. The molecular formula is C14H22ClN3OS. The van der Waals surface area contributed by atoms with E-state index >= 15 is 0 Å². The summed E-state index contributed by atoms with van der Waals surface area (Å²) in [7, 11) is 1.95. The standard InChI is InChI=1S/C14H22ClN3OS/c1-9(8-20-4)18(3)10(2)14(19)17-13-6-5-11(16)7-12(13)15/h5-7,9-10H,8,16H2,1-4H3,(H,17,19). The molecule has 0 aliphatic carbocycles. The van der Waals surface area contributed by atoms with Gasteiger partial charge in [0.15, 0.2) is 0 Å². The van der Waals surface area contributed by atoms with Crippen LogP contribution in [-0.2, 0) is 4.79 Å². The molecule has 0 saturated carbocycles. The van der Waals surface area contributed by atoms with Gasteiger partial charge in [0.1, 0.15) is 0 Å². The maximum atomic E-state index is 12.3. The second-order valence-electron chi connectivity index (χ2n) is 4.87. The maximum absolute atomic E-state index is 12.3. The van der Waals surface area contributed by atoms with Crippen LogP contribution < -0.4 is 11.1 Å². The van der Waals surface area contributed by atoms with E-state index in [-0.39, 0.29) is 11.9 Å². The van der Waals surface area contributed by atoms with Crippen molar-refractivity contribution in [3.8, 4) is 0 Å². The molecule has 112 valence electrons. The first-order chi connectivity index (χ1) is 9.36. The number of benzene rings is 1. The first-order valence-corrected chi connectivity index (χ1v) is 8.20. The average Bonchev–Trinajstić information content (AvgIpc) is 2.40. The van der Waals surface area contributed by atoms with E-state index in [1.54, 1.807) is 30.0 Å². The molecule has 0 saturated heterocycles. The predicted octanol–water partition coefficient (Wildman–Crippen LogP) is 2.93. The molecule has 0 radical (unpaired) electrons. The monoisotopic (exact) mass is 315 g/mol.